The summed E-state index contributed by atoms with van der Waals surface area (Å²) in [4.78, 5) is 8.56. The van der Waals surface area contributed by atoms with Gasteiger partial charge >= 0.3 is 6.36 Å². The zero-order valence-corrected chi connectivity index (χ0v) is 16.8. The molecular formula is C22H15ClF3N3O2. The fourth-order valence-corrected chi connectivity index (χ4v) is 3.35. The number of benzene rings is 3. The van der Waals surface area contributed by atoms with Gasteiger partial charge in [0.1, 0.15) is 23.6 Å². The van der Waals surface area contributed by atoms with Crippen LogP contribution in [-0.4, -0.2) is 23.4 Å². The van der Waals surface area contributed by atoms with Crippen LogP contribution in [0.25, 0.3) is 22.0 Å². The summed E-state index contributed by atoms with van der Waals surface area (Å²) in [6.07, 6.45) is -3.33. The maximum Gasteiger partial charge on any atom is 0.573 e. The molecule has 1 heterocycles. The maximum absolute atomic E-state index is 12.6. The number of hydrogen-bond acceptors (Lipinski definition) is 5. The molecule has 31 heavy (non-hydrogen) atoms. The van der Waals surface area contributed by atoms with Crippen LogP contribution >= 0.6 is 11.6 Å². The monoisotopic (exact) mass is 445 g/mol. The van der Waals surface area contributed by atoms with Gasteiger partial charge in [-0.1, -0.05) is 29.8 Å². The molecule has 0 bridgehead atoms. The Morgan fingerprint density at radius 3 is 2.48 bits per heavy atom. The number of alkyl halides is 3. The molecule has 1 aromatic heterocycles. The largest absolute Gasteiger partial charge is 0.573 e. The van der Waals surface area contributed by atoms with E-state index in [9.17, 15) is 13.2 Å². The van der Waals surface area contributed by atoms with E-state index in [0.29, 0.717) is 44.3 Å². The Labute approximate surface area is 180 Å². The second-order valence-corrected chi connectivity index (χ2v) is 6.91. The summed E-state index contributed by atoms with van der Waals surface area (Å²) >= 11 is 6.19. The molecule has 158 valence electrons. The van der Waals surface area contributed by atoms with Gasteiger partial charge in [-0.15, -0.1) is 13.2 Å². The molecule has 0 amide bonds. The summed E-state index contributed by atoms with van der Waals surface area (Å²) in [6, 6.07) is 16.4. The number of rotatable bonds is 5. The highest BCUT2D eigenvalue weighted by molar-refractivity contribution is 6.32. The Kier molecular flexibility index (Phi) is 5.56. The van der Waals surface area contributed by atoms with Gasteiger partial charge in [-0.2, -0.15) is 0 Å². The van der Waals surface area contributed by atoms with Crippen molar-refractivity contribution in [2.24, 2.45) is 0 Å². The quantitative estimate of drug-likeness (QED) is 0.375. The van der Waals surface area contributed by atoms with Gasteiger partial charge in [0.2, 0.25) is 0 Å². The first kappa shape index (κ1) is 20.7. The van der Waals surface area contributed by atoms with Gasteiger partial charge in [0, 0.05) is 11.1 Å². The highest BCUT2D eigenvalue weighted by atomic mass is 35.5. The van der Waals surface area contributed by atoms with Gasteiger partial charge in [-0.25, -0.2) is 9.97 Å². The van der Waals surface area contributed by atoms with E-state index < -0.39 is 6.36 Å². The second-order valence-electron chi connectivity index (χ2n) is 6.50. The minimum absolute atomic E-state index is 0.291. The molecule has 5 nitrogen and oxygen atoms in total. The van der Waals surface area contributed by atoms with E-state index in [0.717, 1.165) is 0 Å². The lowest BCUT2D eigenvalue weighted by molar-refractivity contribution is -0.274. The van der Waals surface area contributed by atoms with E-state index >= 15 is 0 Å². The predicted octanol–water partition coefficient (Wildman–Crippen LogP) is 6.60. The summed E-state index contributed by atoms with van der Waals surface area (Å²) in [7, 11) is 1.53. The van der Waals surface area contributed by atoms with Crippen molar-refractivity contribution in [1.82, 2.24) is 9.97 Å². The van der Waals surface area contributed by atoms with Gasteiger partial charge < -0.3 is 14.8 Å². The van der Waals surface area contributed by atoms with Crippen LogP contribution in [0.15, 0.2) is 67.0 Å². The second kappa shape index (κ2) is 8.31. The number of aromatic nitrogens is 2. The third-order valence-corrected chi connectivity index (χ3v) is 4.75. The first-order valence-corrected chi connectivity index (χ1v) is 9.42. The van der Waals surface area contributed by atoms with E-state index in [-0.39, 0.29) is 5.75 Å². The first-order valence-electron chi connectivity index (χ1n) is 9.04. The predicted molar refractivity (Wildman–Crippen MR) is 113 cm³/mol. The highest BCUT2D eigenvalue weighted by Crippen LogP contribution is 2.33. The molecule has 0 saturated carbocycles. The van der Waals surface area contributed by atoms with Crippen molar-refractivity contribution in [3.8, 4) is 22.6 Å². The topological polar surface area (TPSA) is 56.3 Å². The smallest absolute Gasteiger partial charge is 0.495 e. The number of ether oxygens (including phenoxy) is 2. The Hall–Kier alpha value is -3.52. The van der Waals surface area contributed by atoms with E-state index in [4.69, 9.17) is 16.3 Å². The molecule has 0 atom stereocenters. The highest BCUT2D eigenvalue weighted by Gasteiger charge is 2.31. The normalized spacial score (nSPS) is 11.4. The number of fused-ring (bicyclic) bond motifs is 1. The Bertz CT molecular complexity index is 1250. The minimum Gasteiger partial charge on any atom is -0.495 e. The summed E-state index contributed by atoms with van der Waals surface area (Å²) in [5.41, 5.74) is 2.61. The molecule has 0 radical (unpaired) electrons. The van der Waals surface area contributed by atoms with E-state index in [1.807, 2.05) is 0 Å². The van der Waals surface area contributed by atoms with Crippen LogP contribution in [0.5, 0.6) is 11.5 Å². The van der Waals surface area contributed by atoms with Crippen LogP contribution in [0.2, 0.25) is 5.02 Å². The van der Waals surface area contributed by atoms with E-state index in [1.54, 1.807) is 42.5 Å². The van der Waals surface area contributed by atoms with Gasteiger partial charge in [-0.05, 0) is 53.6 Å². The minimum atomic E-state index is -4.76. The van der Waals surface area contributed by atoms with Crippen molar-refractivity contribution in [1.29, 1.82) is 0 Å². The van der Waals surface area contributed by atoms with E-state index in [1.165, 1.54) is 31.6 Å². The molecule has 0 aliphatic heterocycles. The van der Waals surface area contributed by atoms with Gasteiger partial charge in [0.05, 0.1) is 17.6 Å². The van der Waals surface area contributed by atoms with Crippen LogP contribution in [0.4, 0.5) is 24.7 Å². The van der Waals surface area contributed by atoms with E-state index in [2.05, 4.69) is 20.0 Å². The Balaban J connectivity index is 1.71. The van der Waals surface area contributed by atoms with Crippen LogP contribution in [0.1, 0.15) is 0 Å². The van der Waals surface area contributed by atoms with Gasteiger partial charge in [0.25, 0.3) is 0 Å². The molecule has 4 aromatic rings. The molecule has 1 N–H and O–H groups in total. The fourth-order valence-electron chi connectivity index (χ4n) is 3.09. The zero-order chi connectivity index (χ0) is 22.0. The summed E-state index contributed by atoms with van der Waals surface area (Å²) in [5, 5.41) is 4.32. The van der Waals surface area contributed by atoms with Crippen molar-refractivity contribution in [2.75, 3.05) is 12.4 Å². The van der Waals surface area contributed by atoms with Crippen molar-refractivity contribution in [3.63, 3.8) is 0 Å². The number of nitrogens with zero attached hydrogens (tertiary/aromatic N) is 2. The third kappa shape index (κ3) is 4.80. The summed E-state index contributed by atoms with van der Waals surface area (Å²) < 4.78 is 46.8. The SMILES string of the molecule is COc1ccc(Nc2ncnc3ccc(-c4cccc(OC(F)(F)F)c4)cc23)cc1Cl. The average Bonchev–Trinajstić information content (AvgIpc) is 2.73. The number of methoxy groups -OCH3 is 1. The molecule has 3 aromatic carbocycles. The van der Waals surface area contributed by atoms with Crippen LogP contribution in [0.3, 0.4) is 0 Å². The number of hydrogen-bond donors (Lipinski definition) is 1. The molecule has 0 fully saturated rings. The Morgan fingerprint density at radius 2 is 1.74 bits per heavy atom. The molecule has 4 rings (SSSR count). The van der Waals surface area contributed by atoms with Gasteiger partial charge in [-0.3, -0.25) is 0 Å². The Morgan fingerprint density at radius 1 is 0.935 bits per heavy atom. The van der Waals surface area contributed by atoms with Crippen molar-refractivity contribution < 1.29 is 22.6 Å². The van der Waals surface area contributed by atoms with Crippen LogP contribution < -0.4 is 14.8 Å². The fraction of sp³-hybridized carbons (Fsp3) is 0.0909. The first-order chi connectivity index (χ1) is 14.8. The zero-order valence-electron chi connectivity index (χ0n) is 16.1. The van der Waals surface area contributed by atoms with Crippen LogP contribution in [0, 0.1) is 0 Å². The maximum atomic E-state index is 12.6. The summed E-state index contributed by atoms with van der Waals surface area (Å²) in [5.74, 6) is 0.777. The van der Waals surface area contributed by atoms with Crippen molar-refractivity contribution in [2.45, 2.75) is 6.36 Å². The molecule has 0 aliphatic rings. The molecule has 0 unspecified atom stereocenters. The van der Waals surface area contributed by atoms with Crippen molar-refractivity contribution in [3.05, 3.63) is 72.0 Å². The van der Waals surface area contributed by atoms with Crippen molar-refractivity contribution >= 4 is 34.0 Å². The molecule has 0 saturated heterocycles. The van der Waals surface area contributed by atoms with Gasteiger partial charge in [0.15, 0.2) is 0 Å². The lowest BCUT2D eigenvalue weighted by Gasteiger charge is -2.12. The third-order valence-electron chi connectivity index (χ3n) is 4.45. The molecule has 0 spiro atoms. The number of anilines is 2. The standard InChI is InChI=1S/C22H15ClF3N3O2/c1-30-20-8-6-15(11-18(20)23)29-21-17-10-14(5-7-19(17)27-12-28-21)13-3-2-4-16(9-13)31-22(24,25)26/h2-12H,1H3,(H,27,28,29). The lowest BCUT2D eigenvalue weighted by Crippen LogP contribution is -2.17. The lowest BCUT2D eigenvalue weighted by atomic mass is 10.0. The molecule has 0 aliphatic carbocycles. The molecular weight excluding hydrogens is 431 g/mol. The average molecular weight is 446 g/mol. The van der Waals surface area contributed by atoms with Crippen LogP contribution in [-0.2, 0) is 0 Å². The molecule has 9 heteroatoms. The summed E-state index contributed by atoms with van der Waals surface area (Å²) in [6.45, 7) is 0. The number of nitrogens with one attached hydrogen (secondary N) is 1. The number of halogens is 4.